The van der Waals surface area contributed by atoms with Crippen LogP contribution in [0.25, 0.3) is 0 Å². The monoisotopic (exact) mass is 480 g/mol. The van der Waals surface area contributed by atoms with Gasteiger partial charge in [0.25, 0.3) is 5.91 Å². The second-order valence-electron chi connectivity index (χ2n) is 8.59. The molecule has 2 heterocycles. The zero-order valence-electron chi connectivity index (χ0n) is 19.6. The molecule has 8 heteroatoms. The fourth-order valence-corrected chi connectivity index (χ4v) is 5.29. The first-order chi connectivity index (χ1) is 16.6. The Bertz CT molecular complexity index is 1010. The lowest BCUT2D eigenvalue weighted by Gasteiger charge is -2.35. The molecule has 4 rings (SSSR count). The Kier molecular flexibility index (Phi) is 8.24. The quantitative estimate of drug-likeness (QED) is 0.589. The molecule has 0 aliphatic carbocycles. The van der Waals surface area contributed by atoms with Crippen molar-refractivity contribution in [3.63, 3.8) is 0 Å². The number of benzene rings is 2. The van der Waals surface area contributed by atoms with E-state index < -0.39 is 0 Å². The number of nitrogens with one attached hydrogen (secondary N) is 1. The average Bonchev–Trinajstić information content (AvgIpc) is 3.27. The molecule has 34 heavy (non-hydrogen) atoms. The molecule has 2 aromatic rings. The maximum absolute atomic E-state index is 13.0. The van der Waals surface area contributed by atoms with Crippen LogP contribution >= 0.6 is 11.8 Å². The number of hydrogen-bond donors (Lipinski definition) is 1. The summed E-state index contributed by atoms with van der Waals surface area (Å²) in [5.74, 6) is 0.640. The molecule has 2 aromatic carbocycles. The molecule has 0 saturated carbocycles. The summed E-state index contributed by atoms with van der Waals surface area (Å²) in [6, 6.07) is 17.3. The number of thioether (sulfide) groups is 1. The second kappa shape index (κ2) is 11.5. The minimum Gasteiger partial charge on any atom is -0.355 e. The van der Waals surface area contributed by atoms with Crippen molar-refractivity contribution in [3.05, 3.63) is 60.2 Å². The smallest absolute Gasteiger partial charge is 0.255 e. The Morgan fingerprint density at radius 2 is 1.71 bits per heavy atom. The maximum atomic E-state index is 13.0. The van der Waals surface area contributed by atoms with Gasteiger partial charge in [-0.3, -0.25) is 19.3 Å². The van der Waals surface area contributed by atoms with Gasteiger partial charge in [-0.2, -0.15) is 0 Å². The molecular formula is C26H32N4O3S. The van der Waals surface area contributed by atoms with Gasteiger partial charge in [-0.15, -0.1) is 11.8 Å². The largest absolute Gasteiger partial charge is 0.355 e. The third kappa shape index (κ3) is 5.80. The summed E-state index contributed by atoms with van der Waals surface area (Å²) in [5, 5.41) is 3.00. The van der Waals surface area contributed by atoms with Gasteiger partial charge >= 0.3 is 0 Å². The highest BCUT2D eigenvalue weighted by Crippen LogP contribution is 2.25. The Morgan fingerprint density at radius 1 is 1.00 bits per heavy atom. The number of amides is 3. The van der Waals surface area contributed by atoms with Crippen LogP contribution in [0.1, 0.15) is 23.7 Å². The minimum absolute atomic E-state index is 0.00829. The first-order valence-electron chi connectivity index (χ1n) is 11.9. The molecule has 2 fully saturated rings. The first kappa shape index (κ1) is 24.3. The van der Waals surface area contributed by atoms with Crippen LogP contribution in [0.5, 0.6) is 0 Å². The highest BCUT2D eigenvalue weighted by atomic mass is 32.2. The Hall–Kier alpha value is -2.84. The number of rotatable bonds is 8. The van der Waals surface area contributed by atoms with E-state index in [9.17, 15) is 14.4 Å². The number of para-hydroxylation sites is 1. The standard InChI is InChI=1S/C26H32N4O3S/c1-2-34-23-11-7-6-10-22(23)26(33)29-16-14-28(15-17-29)13-12-27-25(32)20-18-24(31)30(19-20)21-8-4-3-5-9-21/h3-11,20H,2,12-19H2,1H3,(H,27,32). The van der Waals surface area contributed by atoms with Crippen LogP contribution < -0.4 is 10.2 Å². The van der Waals surface area contributed by atoms with Crippen LogP contribution in [-0.2, 0) is 9.59 Å². The molecule has 1 unspecified atom stereocenters. The third-order valence-electron chi connectivity index (χ3n) is 6.37. The summed E-state index contributed by atoms with van der Waals surface area (Å²) in [4.78, 5) is 44.9. The third-order valence-corrected chi connectivity index (χ3v) is 7.32. The van der Waals surface area contributed by atoms with Crippen molar-refractivity contribution in [2.24, 2.45) is 5.92 Å². The van der Waals surface area contributed by atoms with Crippen molar-refractivity contribution in [3.8, 4) is 0 Å². The van der Waals surface area contributed by atoms with Gasteiger partial charge in [0.05, 0.1) is 11.5 Å². The van der Waals surface area contributed by atoms with Crippen LogP contribution in [0.2, 0.25) is 0 Å². The Balaban J connectivity index is 1.20. The molecule has 1 N–H and O–H groups in total. The molecule has 180 valence electrons. The fourth-order valence-electron chi connectivity index (χ4n) is 4.49. The predicted molar refractivity (Wildman–Crippen MR) is 135 cm³/mol. The van der Waals surface area contributed by atoms with Crippen LogP contribution in [0.4, 0.5) is 5.69 Å². The maximum Gasteiger partial charge on any atom is 0.255 e. The summed E-state index contributed by atoms with van der Waals surface area (Å²) < 4.78 is 0. The number of carbonyl (C=O) groups is 3. The average molecular weight is 481 g/mol. The lowest BCUT2D eigenvalue weighted by atomic mass is 10.1. The van der Waals surface area contributed by atoms with Gasteiger partial charge in [0.2, 0.25) is 11.8 Å². The van der Waals surface area contributed by atoms with Gasteiger partial charge in [-0.05, 0) is 30.0 Å². The number of anilines is 1. The molecular weight excluding hydrogens is 448 g/mol. The zero-order valence-corrected chi connectivity index (χ0v) is 20.4. The lowest BCUT2D eigenvalue weighted by molar-refractivity contribution is -0.126. The van der Waals surface area contributed by atoms with Crippen molar-refractivity contribution in [1.29, 1.82) is 0 Å². The van der Waals surface area contributed by atoms with Gasteiger partial charge in [0.15, 0.2) is 0 Å². The minimum atomic E-state index is -0.316. The van der Waals surface area contributed by atoms with Crippen molar-refractivity contribution in [1.82, 2.24) is 15.1 Å². The summed E-state index contributed by atoms with van der Waals surface area (Å²) in [7, 11) is 0. The van der Waals surface area contributed by atoms with Crippen LogP contribution in [-0.4, -0.2) is 79.1 Å². The van der Waals surface area contributed by atoms with E-state index in [-0.39, 0.29) is 30.1 Å². The van der Waals surface area contributed by atoms with Crippen LogP contribution in [0.3, 0.4) is 0 Å². The first-order valence-corrected chi connectivity index (χ1v) is 12.9. The lowest BCUT2D eigenvalue weighted by Crippen LogP contribution is -2.50. The Labute approximate surface area is 205 Å². The topological polar surface area (TPSA) is 73.0 Å². The molecule has 3 amide bonds. The van der Waals surface area contributed by atoms with E-state index in [2.05, 4.69) is 17.1 Å². The van der Waals surface area contributed by atoms with Gasteiger partial charge in [-0.25, -0.2) is 0 Å². The molecule has 0 spiro atoms. The summed E-state index contributed by atoms with van der Waals surface area (Å²) in [6.07, 6.45) is 0.249. The summed E-state index contributed by atoms with van der Waals surface area (Å²) >= 11 is 1.70. The molecule has 2 aliphatic rings. The SMILES string of the molecule is CCSc1ccccc1C(=O)N1CCN(CCNC(=O)C2CC(=O)N(c3ccccc3)C2)CC1. The van der Waals surface area contributed by atoms with E-state index >= 15 is 0 Å². The van der Waals surface area contributed by atoms with Crippen molar-refractivity contribution in [2.45, 2.75) is 18.2 Å². The van der Waals surface area contributed by atoms with Gasteiger partial charge < -0.3 is 15.1 Å². The fraction of sp³-hybridized carbons (Fsp3) is 0.423. The molecule has 0 bridgehead atoms. The van der Waals surface area contributed by atoms with Gasteiger partial charge in [-0.1, -0.05) is 37.3 Å². The van der Waals surface area contributed by atoms with Gasteiger partial charge in [0, 0.05) is 62.8 Å². The van der Waals surface area contributed by atoms with E-state index in [0.717, 1.165) is 41.5 Å². The number of carbonyl (C=O) groups excluding carboxylic acids is 3. The molecule has 7 nitrogen and oxygen atoms in total. The number of nitrogens with zero attached hydrogens (tertiary/aromatic N) is 3. The van der Waals surface area contributed by atoms with Crippen molar-refractivity contribution < 1.29 is 14.4 Å². The normalized spacial score (nSPS) is 18.9. The van der Waals surface area contributed by atoms with Crippen molar-refractivity contribution >= 4 is 35.2 Å². The van der Waals surface area contributed by atoms with E-state index in [0.29, 0.717) is 26.2 Å². The molecule has 1 atom stereocenters. The molecule has 2 aliphatic heterocycles. The van der Waals surface area contributed by atoms with E-state index in [1.807, 2.05) is 59.5 Å². The van der Waals surface area contributed by atoms with Crippen molar-refractivity contribution in [2.75, 3.05) is 56.5 Å². The number of piperazine rings is 1. The van der Waals surface area contributed by atoms with E-state index in [1.165, 1.54) is 0 Å². The summed E-state index contributed by atoms with van der Waals surface area (Å²) in [6.45, 7) is 6.73. The Morgan fingerprint density at radius 3 is 2.44 bits per heavy atom. The second-order valence-corrected chi connectivity index (χ2v) is 9.90. The number of hydrogen-bond acceptors (Lipinski definition) is 5. The van der Waals surface area contributed by atoms with Gasteiger partial charge in [0.1, 0.15) is 0 Å². The van der Waals surface area contributed by atoms with E-state index in [4.69, 9.17) is 0 Å². The highest BCUT2D eigenvalue weighted by molar-refractivity contribution is 7.99. The van der Waals surface area contributed by atoms with Crippen LogP contribution in [0.15, 0.2) is 59.5 Å². The summed E-state index contributed by atoms with van der Waals surface area (Å²) in [5.41, 5.74) is 1.62. The zero-order chi connectivity index (χ0) is 23.9. The highest BCUT2D eigenvalue weighted by Gasteiger charge is 2.35. The molecule has 2 saturated heterocycles. The van der Waals surface area contributed by atoms with Crippen LogP contribution in [0, 0.1) is 5.92 Å². The molecule has 0 radical (unpaired) electrons. The predicted octanol–water partition coefficient (Wildman–Crippen LogP) is 2.73. The molecule has 0 aromatic heterocycles. The van der Waals surface area contributed by atoms with E-state index in [1.54, 1.807) is 16.7 Å².